The first-order valence-electron chi connectivity index (χ1n) is 8.38. The van der Waals surface area contributed by atoms with Crippen molar-refractivity contribution in [3.05, 3.63) is 36.7 Å². The first-order chi connectivity index (χ1) is 12.7. The number of nitrogens with zero attached hydrogens (tertiary/aromatic N) is 6. The molecule has 1 N–H and O–H groups in total. The Morgan fingerprint density at radius 3 is 2.44 bits per heavy atom. The molecule has 0 unspecified atom stereocenters. The number of hydrogen-bond donors (Lipinski definition) is 1. The van der Waals surface area contributed by atoms with Crippen LogP contribution >= 0.6 is 0 Å². The number of likely N-dealkylation sites (N-methyl/N-ethyl adjacent to an activating group) is 2. The monoisotopic (exact) mass is 389 g/mol. The maximum Gasteiger partial charge on any atom is 0.256 e. The summed E-state index contributed by atoms with van der Waals surface area (Å²) in [4.78, 5) is 13.2. The van der Waals surface area contributed by atoms with Gasteiger partial charge in [-0.15, -0.1) is 0 Å². The van der Waals surface area contributed by atoms with Crippen LogP contribution in [0.2, 0.25) is 0 Å². The Balaban J connectivity index is 1.90. The molecule has 3 aromatic rings. The van der Waals surface area contributed by atoms with Crippen LogP contribution in [0.25, 0.3) is 5.78 Å². The number of aromatic nitrogens is 4. The third kappa shape index (κ3) is 4.52. The third-order valence-corrected chi connectivity index (χ3v) is 5.20. The van der Waals surface area contributed by atoms with Gasteiger partial charge in [0.15, 0.2) is 9.84 Å². The summed E-state index contributed by atoms with van der Waals surface area (Å²) in [5, 5.41) is 7.46. The summed E-state index contributed by atoms with van der Waals surface area (Å²) in [7, 11) is 2.80. The molecule has 2 aromatic heterocycles. The summed E-state index contributed by atoms with van der Waals surface area (Å²) < 4.78 is 24.8. The molecular weight excluding hydrogens is 366 g/mol. The lowest BCUT2D eigenvalue weighted by atomic mass is 10.3. The van der Waals surface area contributed by atoms with Crippen molar-refractivity contribution in [3.8, 4) is 0 Å². The lowest BCUT2D eigenvalue weighted by Crippen LogP contribution is -2.29. The van der Waals surface area contributed by atoms with Crippen LogP contribution in [0, 0.1) is 0 Å². The summed E-state index contributed by atoms with van der Waals surface area (Å²) in [6.07, 6.45) is 2.64. The number of sulfone groups is 1. The molecule has 0 saturated carbocycles. The number of fused-ring (bicyclic) bond motifs is 1. The molecule has 144 valence electrons. The number of hydrogen-bond acceptors (Lipinski definition) is 8. The van der Waals surface area contributed by atoms with E-state index in [-0.39, 0.29) is 4.90 Å². The van der Waals surface area contributed by atoms with Crippen molar-refractivity contribution in [3.63, 3.8) is 0 Å². The molecule has 3 rings (SSSR count). The second-order valence-corrected chi connectivity index (χ2v) is 8.63. The van der Waals surface area contributed by atoms with Crippen molar-refractivity contribution < 1.29 is 8.42 Å². The second-order valence-electron chi connectivity index (χ2n) is 6.62. The van der Waals surface area contributed by atoms with Crippen LogP contribution in [0.4, 0.5) is 17.3 Å². The van der Waals surface area contributed by atoms with Crippen molar-refractivity contribution in [1.82, 2.24) is 24.5 Å². The SMILES string of the molecule is CN(C)CCN(C)c1cc(Nc2ccc(S(C)(=O)=O)cc2)n2ncnc2n1. The zero-order chi connectivity index (χ0) is 19.6. The molecule has 0 fully saturated rings. The highest BCUT2D eigenvalue weighted by atomic mass is 32.2. The van der Waals surface area contributed by atoms with E-state index in [2.05, 4.69) is 25.3 Å². The number of nitrogens with one attached hydrogen (secondary N) is 1. The maximum atomic E-state index is 11.6. The summed E-state index contributed by atoms with van der Waals surface area (Å²) in [5.41, 5.74) is 0.743. The van der Waals surface area contributed by atoms with Gasteiger partial charge in [-0.05, 0) is 38.4 Å². The molecule has 0 amide bonds. The van der Waals surface area contributed by atoms with E-state index in [0.717, 1.165) is 24.6 Å². The summed E-state index contributed by atoms with van der Waals surface area (Å²) in [6, 6.07) is 8.47. The Labute approximate surface area is 158 Å². The lowest BCUT2D eigenvalue weighted by Gasteiger charge is -2.21. The van der Waals surface area contributed by atoms with E-state index in [4.69, 9.17) is 0 Å². The first-order valence-corrected chi connectivity index (χ1v) is 10.3. The van der Waals surface area contributed by atoms with Crippen LogP contribution in [0.1, 0.15) is 0 Å². The quantitative estimate of drug-likeness (QED) is 0.645. The van der Waals surface area contributed by atoms with E-state index >= 15 is 0 Å². The number of rotatable bonds is 7. The molecule has 0 saturated heterocycles. The van der Waals surface area contributed by atoms with Gasteiger partial charge >= 0.3 is 0 Å². The van der Waals surface area contributed by atoms with Gasteiger partial charge in [-0.25, -0.2) is 8.42 Å². The predicted molar refractivity (Wildman–Crippen MR) is 105 cm³/mol. The van der Waals surface area contributed by atoms with Gasteiger partial charge in [0.05, 0.1) is 4.90 Å². The fourth-order valence-electron chi connectivity index (χ4n) is 2.48. The van der Waals surface area contributed by atoms with Crippen LogP contribution in [-0.4, -0.2) is 73.4 Å². The average Bonchev–Trinajstić information content (AvgIpc) is 3.08. The van der Waals surface area contributed by atoms with Crippen LogP contribution in [-0.2, 0) is 9.84 Å². The summed E-state index contributed by atoms with van der Waals surface area (Å²) >= 11 is 0. The van der Waals surface area contributed by atoms with Gasteiger partial charge in [0, 0.05) is 38.1 Å². The fraction of sp³-hybridized carbons (Fsp3) is 0.353. The largest absolute Gasteiger partial charge is 0.358 e. The van der Waals surface area contributed by atoms with Crippen LogP contribution in [0.15, 0.2) is 41.6 Å². The Bertz CT molecular complexity index is 1030. The highest BCUT2D eigenvalue weighted by molar-refractivity contribution is 7.90. The van der Waals surface area contributed by atoms with E-state index in [0.29, 0.717) is 11.6 Å². The van der Waals surface area contributed by atoms with E-state index in [1.807, 2.05) is 32.1 Å². The van der Waals surface area contributed by atoms with Crippen molar-refractivity contribution >= 4 is 32.9 Å². The van der Waals surface area contributed by atoms with E-state index in [9.17, 15) is 8.42 Å². The minimum Gasteiger partial charge on any atom is -0.358 e. The fourth-order valence-corrected chi connectivity index (χ4v) is 3.11. The minimum absolute atomic E-state index is 0.276. The predicted octanol–water partition coefficient (Wildman–Crippen LogP) is 1.27. The Morgan fingerprint density at radius 1 is 1.11 bits per heavy atom. The number of benzene rings is 1. The van der Waals surface area contributed by atoms with Gasteiger partial charge in [-0.1, -0.05) is 0 Å². The Kier molecular flexibility index (Phi) is 5.29. The van der Waals surface area contributed by atoms with Gasteiger partial charge in [-0.3, -0.25) is 0 Å². The average molecular weight is 389 g/mol. The molecule has 27 heavy (non-hydrogen) atoms. The van der Waals surface area contributed by atoms with E-state index < -0.39 is 9.84 Å². The summed E-state index contributed by atoms with van der Waals surface area (Å²) in [5.74, 6) is 1.95. The molecule has 0 atom stereocenters. The van der Waals surface area contributed by atoms with E-state index in [1.54, 1.807) is 28.8 Å². The van der Waals surface area contributed by atoms with Crippen molar-refractivity contribution in [2.45, 2.75) is 4.90 Å². The molecule has 2 heterocycles. The van der Waals surface area contributed by atoms with Gasteiger partial charge in [-0.2, -0.15) is 19.6 Å². The van der Waals surface area contributed by atoms with Crippen LogP contribution in [0.3, 0.4) is 0 Å². The first kappa shape index (κ1) is 19.1. The summed E-state index contributed by atoms with van der Waals surface area (Å²) in [6.45, 7) is 1.71. The highest BCUT2D eigenvalue weighted by Crippen LogP contribution is 2.22. The molecule has 0 aliphatic carbocycles. The van der Waals surface area contributed by atoms with Gasteiger partial charge in [0.25, 0.3) is 5.78 Å². The van der Waals surface area contributed by atoms with Crippen molar-refractivity contribution in [2.24, 2.45) is 0 Å². The molecule has 10 heteroatoms. The zero-order valence-corrected chi connectivity index (χ0v) is 16.6. The molecule has 0 aliphatic rings. The van der Waals surface area contributed by atoms with Crippen LogP contribution < -0.4 is 10.2 Å². The normalized spacial score (nSPS) is 11.9. The molecule has 0 aliphatic heterocycles. The standard InChI is InChI=1S/C17H23N7O2S/c1-22(2)9-10-23(3)15-11-16(24-17(21-15)18-12-19-24)20-13-5-7-14(8-6-13)27(4,25)26/h5-8,11-12,20H,9-10H2,1-4H3. The Hall–Kier alpha value is -2.72. The lowest BCUT2D eigenvalue weighted by molar-refractivity contribution is 0.416. The zero-order valence-electron chi connectivity index (χ0n) is 15.8. The molecular formula is C17H23N7O2S. The van der Waals surface area contributed by atoms with Crippen molar-refractivity contribution in [2.75, 3.05) is 50.7 Å². The second kappa shape index (κ2) is 7.49. The molecule has 1 aromatic carbocycles. The number of anilines is 3. The van der Waals surface area contributed by atoms with E-state index in [1.165, 1.54) is 12.6 Å². The van der Waals surface area contributed by atoms with Gasteiger partial charge in [0.1, 0.15) is 18.0 Å². The maximum absolute atomic E-state index is 11.6. The van der Waals surface area contributed by atoms with Crippen LogP contribution in [0.5, 0.6) is 0 Å². The smallest absolute Gasteiger partial charge is 0.256 e. The molecule has 0 radical (unpaired) electrons. The molecule has 0 bridgehead atoms. The van der Waals surface area contributed by atoms with Gasteiger partial charge < -0.3 is 15.1 Å². The Morgan fingerprint density at radius 2 is 1.81 bits per heavy atom. The third-order valence-electron chi connectivity index (χ3n) is 4.07. The van der Waals surface area contributed by atoms with Gasteiger partial charge in [0.2, 0.25) is 0 Å². The highest BCUT2D eigenvalue weighted by Gasteiger charge is 2.12. The molecule has 0 spiro atoms. The topological polar surface area (TPSA) is 95.7 Å². The molecule has 9 nitrogen and oxygen atoms in total. The minimum atomic E-state index is -3.23. The van der Waals surface area contributed by atoms with Crippen molar-refractivity contribution in [1.29, 1.82) is 0 Å².